The molecule has 0 spiro atoms. The quantitative estimate of drug-likeness (QED) is 0.157. The number of benzene rings is 2. The minimum absolute atomic E-state index is 0.00947. The molecule has 1 aliphatic heterocycles. The molecule has 4 aromatic rings. The fraction of sp³-hybridized carbons (Fsp3) is 0.267. The average molecular weight is 571 g/mol. The Morgan fingerprint density at radius 1 is 1.05 bits per heavy atom. The van der Waals surface area contributed by atoms with Gasteiger partial charge in [-0.2, -0.15) is 5.10 Å². The number of para-hydroxylation sites is 1. The predicted molar refractivity (Wildman–Crippen MR) is 152 cm³/mol. The van der Waals surface area contributed by atoms with E-state index < -0.39 is 30.0 Å². The molecule has 3 N–H and O–H groups in total. The standard InChI is InChI=1S/C30H30N6O6/c1-17(22-14-24(19-15-31-36(2)16-19)33-23-11-7-6-10-21(22)23)32-28(38)20-9-5-4-8-18(20)12-13-25(37)34-35-29(39)26-27(42-26)30(40)41-3/h4-11,14-17,26-27H,12-13H2,1-3H3,(H,32,38)(H,34,37)(H,35,39)/t17-,26+,27+/m1/s1. The lowest BCUT2D eigenvalue weighted by molar-refractivity contribution is -0.142. The van der Waals surface area contributed by atoms with Crippen molar-refractivity contribution in [3.8, 4) is 11.3 Å². The van der Waals surface area contributed by atoms with Crippen molar-refractivity contribution >= 4 is 34.6 Å². The number of amides is 3. The van der Waals surface area contributed by atoms with Crippen molar-refractivity contribution in [1.82, 2.24) is 30.9 Å². The maximum Gasteiger partial charge on any atom is 0.338 e. The van der Waals surface area contributed by atoms with Crippen molar-refractivity contribution in [2.24, 2.45) is 7.05 Å². The van der Waals surface area contributed by atoms with Crippen molar-refractivity contribution in [3.63, 3.8) is 0 Å². The van der Waals surface area contributed by atoms with E-state index in [0.717, 1.165) is 27.7 Å². The number of epoxide rings is 1. The van der Waals surface area contributed by atoms with Crippen LogP contribution in [0, 0.1) is 0 Å². The number of ether oxygens (including phenoxy) is 2. The molecule has 42 heavy (non-hydrogen) atoms. The molecule has 2 aromatic heterocycles. The van der Waals surface area contributed by atoms with Gasteiger partial charge in [0.25, 0.3) is 11.8 Å². The number of nitrogens with zero attached hydrogens (tertiary/aromatic N) is 3. The number of carbonyl (C=O) groups excluding carboxylic acids is 4. The van der Waals surface area contributed by atoms with Gasteiger partial charge in [0.15, 0.2) is 12.2 Å². The van der Waals surface area contributed by atoms with Crippen molar-refractivity contribution in [2.45, 2.75) is 38.0 Å². The zero-order valence-corrected chi connectivity index (χ0v) is 23.3. The summed E-state index contributed by atoms with van der Waals surface area (Å²) >= 11 is 0. The highest BCUT2D eigenvalue weighted by atomic mass is 16.6. The number of hydrogen-bond donors (Lipinski definition) is 3. The third kappa shape index (κ3) is 6.28. The van der Waals surface area contributed by atoms with E-state index in [1.54, 1.807) is 35.1 Å². The average Bonchev–Trinajstić information content (AvgIpc) is 3.70. The molecule has 0 radical (unpaired) electrons. The van der Waals surface area contributed by atoms with Crippen LogP contribution in [0.1, 0.15) is 40.9 Å². The van der Waals surface area contributed by atoms with Crippen molar-refractivity contribution in [1.29, 1.82) is 0 Å². The Balaban J connectivity index is 1.24. The van der Waals surface area contributed by atoms with Gasteiger partial charge in [-0.1, -0.05) is 36.4 Å². The summed E-state index contributed by atoms with van der Waals surface area (Å²) < 4.78 is 11.2. The second-order valence-electron chi connectivity index (χ2n) is 9.91. The van der Waals surface area contributed by atoms with E-state index in [2.05, 4.69) is 26.0 Å². The lowest BCUT2D eigenvalue weighted by Gasteiger charge is -2.19. The highest BCUT2D eigenvalue weighted by Crippen LogP contribution is 2.29. The number of pyridine rings is 1. The van der Waals surface area contributed by atoms with E-state index in [-0.39, 0.29) is 24.8 Å². The molecule has 0 bridgehead atoms. The van der Waals surface area contributed by atoms with Crippen molar-refractivity contribution < 1.29 is 28.7 Å². The van der Waals surface area contributed by atoms with Gasteiger partial charge in [-0.15, -0.1) is 0 Å². The summed E-state index contributed by atoms with van der Waals surface area (Å²) in [5, 5.41) is 8.28. The van der Waals surface area contributed by atoms with Crippen LogP contribution < -0.4 is 16.2 Å². The lowest BCUT2D eigenvalue weighted by atomic mass is 9.98. The molecule has 12 heteroatoms. The SMILES string of the molecule is COC(=O)[C@H]1O[C@@H]1C(=O)NNC(=O)CCc1ccccc1C(=O)N[C@H](C)c1cc(-c2cnn(C)c2)nc2ccccc12. The van der Waals surface area contributed by atoms with E-state index >= 15 is 0 Å². The van der Waals surface area contributed by atoms with E-state index in [4.69, 9.17) is 9.72 Å². The summed E-state index contributed by atoms with van der Waals surface area (Å²) in [5.41, 5.74) is 9.02. The molecular formula is C30H30N6O6. The first-order chi connectivity index (χ1) is 20.2. The summed E-state index contributed by atoms with van der Waals surface area (Å²) in [7, 11) is 3.04. The molecule has 1 aliphatic rings. The van der Waals surface area contributed by atoms with Crippen LogP contribution in [-0.2, 0) is 37.3 Å². The first kappa shape index (κ1) is 28.4. The number of carbonyl (C=O) groups is 4. The molecule has 216 valence electrons. The van der Waals surface area contributed by atoms with Gasteiger partial charge in [0, 0.05) is 36.2 Å². The van der Waals surface area contributed by atoms with Gasteiger partial charge in [0.1, 0.15) is 0 Å². The number of aryl methyl sites for hydroxylation is 2. The van der Waals surface area contributed by atoms with Gasteiger partial charge in [-0.05, 0) is 42.7 Å². The lowest BCUT2D eigenvalue weighted by Crippen LogP contribution is -2.44. The molecule has 3 heterocycles. The topological polar surface area (TPSA) is 157 Å². The van der Waals surface area contributed by atoms with Gasteiger partial charge < -0.3 is 14.8 Å². The third-order valence-corrected chi connectivity index (χ3v) is 6.95. The number of aromatic nitrogens is 3. The maximum atomic E-state index is 13.4. The molecule has 12 nitrogen and oxygen atoms in total. The number of hydrogen-bond acceptors (Lipinski definition) is 8. The number of rotatable bonds is 9. The van der Waals surface area contributed by atoms with Crippen LogP contribution in [-0.4, -0.2) is 57.8 Å². The third-order valence-electron chi connectivity index (χ3n) is 6.95. The molecule has 3 amide bonds. The molecule has 1 saturated heterocycles. The van der Waals surface area contributed by atoms with Crippen LogP contribution in [0.15, 0.2) is 67.0 Å². The summed E-state index contributed by atoms with van der Waals surface area (Å²) in [6.07, 6.45) is 1.94. The largest absolute Gasteiger partial charge is 0.467 e. The number of methoxy groups -OCH3 is 1. The first-order valence-electron chi connectivity index (χ1n) is 13.3. The molecular weight excluding hydrogens is 540 g/mol. The van der Waals surface area contributed by atoms with Gasteiger partial charge in [0.2, 0.25) is 5.91 Å². The van der Waals surface area contributed by atoms with Crippen LogP contribution in [0.5, 0.6) is 0 Å². The Labute approximate surface area is 241 Å². The Bertz CT molecular complexity index is 1670. The zero-order chi connectivity index (χ0) is 29.8. The predicted octanol–water partition coefficient (Wildman–Crippen LogP) is 2.15. The Morgan fingerprint density at radius 2 is 1.81 bits per heavy atom. The molecule has 0 unspecified atom stereocenters. The van der Waals surface area contributed by atoms with E-state index in [1.165, 1.54) is 7.11 Å². The molecule has 0 aliphatic carbocycles. The Morgan fingerprint density at radius 3 is 2.57 bits per heavy atom. The highest BCUT2D eigenvalue weighted by molar-refractivity contribution is 5.97. The number of esters is 1. The monoisotopic (exact) mass is 570 g/mol. The molecule has 1 fully saturated rings. The van der Waals surface area contributed by atoms with E-state index in [1.807, 2.05) is 50.5 Å². The minimum atomic E-state index is -0.998. The molecule has 0 saturated carbocycles. The normalized spacial score (nSPS) is 16.4. The van der Waals surface area contributed by atoms with Crippen LogP contribution in [0.25, 0.3) is 22.2 Å². The molecule has 2 aromatic carbocycles. The Kier molecular flexibility index (Phi) is 8.25. The second-order valence-corrected chi connectivity index (χ2v) is 9.91. The van der Waals surface area contributed by atoms with Crippen molar-refractivity contribution in [2.75, 3.05) is 7.11 Å². The zero-order valence-electron chi connectivity index (χ0n) is 23.3. The van der Waals surface area contributed by atoms with E-state index in [9.17, 15) is 19.2 Å². The van der Waals surface area contributed by atoms with Crippen LogP contribution in [0.2, 0.25) is 0 Å². The number of fused-ring (bicyclic) bond motifs is 1. The van der Waals surface area contributed by atoms with E-state index in [0.29, 0.717) is 11.1 Å². The van der Waals surface area contributed by atoms with Gasteiger partial charge in [-0.3, -0.25) is 29.9 Å². The highest BCUT2D eigenvalue weighted by Gasteiger charge is 2.51. The summed E-state index contributed by atoms with van der Waals surface area (Å²) in [6.45, 7) is 1.92. The van der Waals surface area contributed by atoms with Gasteiger partial charge in [-0.25, -0.2) is 9.78 Å². The second kappa shape index (κ2) is 12.2. The smallest absolute Gasteiger partial charge is 0.338 e. The van der Waals surface area contributed by atoms with Crippen LogP contribution in [0.4, 0.5) is 0 Å². The van der Waals surface area contributed by atoms with Gasteiger partial charge >= 0.3 is 5.97 Å². The van der Waals surface area contributed by atoms with Crippen LogP contribution in [0.3, 0.4) is 0 Å². The first-order valence-corrected chi connectivity index (χ1v) is 13.3. The fourth-order valence-electron chi connectivity index (χ4n) is 4.69. The van der Waals surface area contributed by atoms with Crippen molar-refractivity contribution in [3.05, 3.63) is 83.7 Å². The summed E-state index contributed by atoms with van der Waals surface area (Å²) in [4.78, 5) is 54.1. The summed E-state index contributed by atoms with van der Waals surface area (Å²) in [5.74, 6) is -2.05. The van der Waals surface area contributed by atoms with Crippen LogP contribution >= 0.6 is 0 Å². The maximum absolute atomic E-state index is 13.4. The summed E-state index contributed by atoms with van der Waals surface area (Å²) in [6, 6.07) is 16.4. The fourth-order valence-corrected chi connectivity index (χ4v) is 4.69. The molecule has 3 atom stereocenters. The van der Waals surface area contributed by atoms with Gasteiger partial charge in [0.05, 0.1) is 30.6 Å². The minimum Gasteiger partial charge on any atom is -0.467 e. The Hall–Kier alpha value is -5.10. The number of nitrogens with one attached hydrogen (secondary N) is 3. The molecule has 5 rings (SSSR count). The number of hydrazine groups is 1.